The molecule has 0 aliphatic carbocycles. The van der Waals surface area contributed by atoms with Crippen LogP contribution in [0.4, 0.5) is 5.69 Å². The number of nitrogens with zero attached hydrogens (tertiary/aromatic N) is 1. The van der Waals surface area contributed by atoms with Gasteiger partial charge in [0.05, 0.1) is 14.1 Å². The number of oxime groups is 1. The molecule has 0 saturated heterocycles. The van der Waals surface area contributed by atoms with E-state index >= 15 is 0 Å². The van der Waals surface area contributed by atoms with Gasteiger partial charge in [0.15, 0.2) is 5.84 Å². The van der Waals surface area contributed by atoms with Gasteiger partial charge in [0.2, 0.25) is 0 Å². The van der Waals surface area contributed by atoms with Crippen LogP contribution in [0.5, 0.6) is 0 Å². The molecule has 20 heavy (non-hydrogen) atoms. The van der Waals surface area contributed by atoms with Crippen LogP contribution in [0.2, 0.25) is 0 Å². The first-order valence-corrected chi connectivity index (χ1v) is 8.09. The number of amides is 1. The molecule has 0 fully saturated rings. The standard InChI is InChI=1S/C12H9BrIN3O2S/c13-7-1-2-8(11(15)17-19)9(4-7)16-12(18)6-3-10(14)20-5-6/h1-5,19H,(H2,15,17)(H,16,18). The maximum absolute atomic E-state index is 12.1. The van der Waals surface area contributed by atoms with Crippen molar-refractivity contribution >= 4 is 67.3 Å². The number of hydrogen-bond donors (Lipinski definition) is 3. The Kier molecular flexibility index (Phi) is 5.00. The number of carbonyl (C=O) groups excluding carboxylic acids is 1. The normalized spacial score (nSPS) is 11.4. The van der Waals surface area contributed by atoms with E-state index in [1.54, 1.807) is 29.6 Å². The van der Waals surface area contributed by atoms with Crippen molar-refractivity contribution in [2.24, 2.45) is 10.9 Å². The molecule has 8 heteroatoms. The van der Waals surface area contributed by atoms with Gasteiger partial charge in [0.25, 0.3) is 5.91 Å². The number of amidine groups is 1. The third kappa shape index (κ3) is 3.49. The van der Waals surface area contributed by atoms with Gasteiger partial charge in [-0.15, -0.1) is 11.3 Å². The highest BCUT2D eigenvalue weighted by atomic mass is 127. The van der Waals surface area contributed by atoms with E-state index in [0.717, 1.165) is 7.36 Å². The summed E-state index contributed by atoms with van der Waals surface area (Å²) in [6, 6.07) is 6.90. The smallest absolute Gasteiger partial charge is 0.256 e. The first-order valence-electron chi connectivity index (χ1n) is 5.34. The van der Waals surface area contributed by atoms with Crippen molar-refractivity contribution < 1.29 is 10.0 Å². The lowest BCUT2D eigenvalue weighted by molar-refractivity contribution is 0.102. The number of anilines is 1. The number of thiophene rings is 1. The number of carbonyl (C=O) groups is 1. The van der Waals surface area contributed by atoms with Crippen LogP contribution in [0.15, 0.2) is 39.3 Å². The maximum Gasteiger partial charge on any atom is 0.256 e. The molecule has 5 nitrogen and oxygen atoms in total. The Morgan fingerprint density at radius 3 is 2.80 bits per heavy atom. The fourth-order valence-corrected chi connectivity index (χ4v) is 3.21. The van der Waals surface area contributed by atoms with Crippen molar-refractivity contribution in [2.45, 2.75) is 0 Å². The molecule has 2 aromatic rings. The molecule has 1 aromatic heterocycles. The Labute approximate surface area is 141 Å². The largest absolute Gasteiger partial charge is 0.409 e. The summed E-state index contributed by atoms with van der Waals surface area (Å²) in [5.74, 6) is -0.304. The molecule has 1 amide bonds. The molecule has 0 radical (unpaired) electrons. The van der Waals surface area contributed by atoms with Crippen molar-refractivity contribution in [2.75, 3.05) is 5.32 Å². The topological polar surface area (TPSA) is 87.7 Å². The lowest BCUT2D eigenvalue weighted by Gasteiger charge is -2.10. The van der Waals surface area contributed by atoms with Crippen LogP contribution in [0.1, 0.15) is 15.9 Å². The summed E-state index contributed by atoms with van der Waals surface area (Å²) in [6.45, 7) is 0. The zero-order chi connectivity index (χ0) is 14.7. The number of hydrogen-bond acceptors (Lipinski definition) is 4. The number of nitrogens with one attached hydrogen (secondary N) is 1. The quantitative estimate of drug-likeness (QED) is 0.213. The van der Waals surface area contributed by atoms with Crippen molar-refractivity contribution in [1.29, 1.82) is 0 Å². The molecule has 0 unspecified atom stereocenters. The van der Waals surface area contributed by atoms with E-state index in [2.05, 4.69) is 49.0 Å². The van der Waals surface area contributed by atoms with Crippen molar-refractivity contribution in [3.05, 3.63) is 48.1 Å². The SMILES string of the molecule is N/C(=N/O)c1ccc(Br)cc1NC(=O)c1csc(I)c1. The van der Waals surface area contributed by atoms with E-state index in [1.165, 1.54) is 11.3 Å². The minimum Gasteiger partial charge on any atom is -0.409 e. The van der Waals surface area contributed by atoms with E-state index in [-0.39, 0.29) is 11.7 Å². The van der Waals surface area contributed by atoms with Gasteiger partial charge in [-0.05, 0) is 46.9 Å². The summed E-state index contributed by atoms with van der Waals surface area (Å²) < 4.78 is 1.81. The molecule has 2 rings (SSSR count). The van der Waals surface area contributed by atoms with Gasteiger partial charge < -0.3 is 16.3 Å². The average molecular weight is 466 g/mol. The molecular formula is C12H9BrIN3O2S. The maximum atomic E-state index is 12.1. The predicted octanol–water partition coefficient (Wildman–Crippen LogP) is 3.46. The predicted molar refractivity (Wildman–Crippen MR) is 91.6 cm³/mol. The molecule has 0 atom stereocenters. The summed E-state index contributed by atoms with van der Waals surface area (Å²) in [6.07, 6.45) is 0. The van der Waals surface area contributed by atoms with E-state index in [9.17, 15) is 4.79 Å². The van der Waals surface area contributed by atoms with Gasteiger partial charge in [0, 0.05) is 15.4 Å². The lowest BCUT2D eigenvalue weighted by Crippen LogP contribution is -2.19. The Bertz CT molecular complexity index is 687. The molecule has 104 valence electrons. The lowest BCUT2D eigenvalue weighted by atomic mass is 10.1. The Hall–Kier alpha value is -1.13. The molecule has 0 bridgehead atoms. The molecule has 1 aromatic carbocycles. The molecule has 0 aliphatic heterocycles. The first kappa shape index (κ1) is 15.3. The van der Waals surface area contributed by atoms with E-state index in [0.29, 0.717) is 16.8 Å². The van der Waals surface area contributed by atoms with Crippen molar-refractivity contribution in [1.82, 2.24) is 0 Å². The van der Waals surface area contributed by atoms with Crippen LogP contribution in [-0.4, -0.2) is 17.0 Å². The minimum atomic E-state index is -0.241. The van der Waals surface area contributed by atoms with Gasteiger partial charge in [-0.1, -0.05) is 21.1 Å². The van der Waals surface area contributed by atoms with Gasteiger partial charge in [0.1, 0.15) is 0 Å². The highest BCUT2D eigenvalue weighted by Crippen LogP contribution is 2.23. The van der Waals surface area contributed by atoms with Gasteiger partial charge in [-0.25, -0.2) is 0 Å². The van der Waals surface area contributed by atoms with Gasteiger partial charge in [-0.2, -0.15) is 0 Å². The van der Waals surface area contributed by atoms with E-state index in [1.807, 2.05) is 0 Å². The van der Waals surface area contributed by atoms with Crippen LogP contribution in [-0.2, 0) is 0 Å². The fourth-order valence-electron chi connectivity index (χ4n) is 1.52. The number of halogens is 2. The minimum absolute atomic E-state index is 0.0623. The second-order valence-corrected chi connectivity index (χ2v) is 7.49. The Morgan fingerprint density at radius 1 is 1.45 bits per heavy atom. The third-order valence-electron chi connectivity index (χ3n) is 2.44. The number of benzene rings is 1. The van der Waals surface area contributed by atoms with Crippen LogP contribution in [0.25, 0.3) is 0 Å². The van der Waals surface area contributed by atoms with Gasteiger partial charge in [-0.3, -0.25) is 4.79 Å². The highest BCUT2D eigenvalue weighted by molar-refractivity contribution is 14.1. The van der Waals surface area contributed by atoms with Gasteiger partial charge >= 0.3 is 0 Å². The third-order valence-corrected chi connectivity index (χ3v) is 4.73. The molecule has 0 aliphatic rings. The monoisotopic (exact) mass is 465 g/mol. The highest BCUT2D eigenvalue weighted by Gasteiger charge is 2.13. The van der Waals surface area contributed by atoms with Crippen LogP contribution >= 0.6 is 49.9 Å². The van der Waals surface area contributed by atoms with Crippen molar-refractivity contribution in [3.8, 4) is 0 Å². The summed E-state index contributed by atoms with van der Waals surface area (Å²) in [4.78, 5) is 12.1. The summed E-state index contributed by atoms with van der Waals surface area (Å²) in [7, 11) is 0. The number of rotatable bonds is 3. The first-order chi connectivity index (χ1) is 9.51. The summed E-state index contributed by atoms with van der Waals surface area (Å²) >= 11 is 6.97. The molecule has 1 heterocycles. The number of nitrogens with two attached hydrogens (primary N) is 1. The van der Waals surface area contributed by atoms with E-state index in [4.69, 9.17) is 10.9 Å². The van der Waals surface area contributed by atoms with E-state index < -0.39 is 0 Å². The molecule has 0 spiro atoms. The zero-order valence-corrected chi connectivity index (χ0v) is 14.5. The second-order valence-electron chi connectivity index (χ2n) is 3.77. The Balaban J connectivity index is 2.33. The molecule has 4 N–H and O–H groups in total. The van der Waals surface area contributed by atoms with Crippen molar-refractivity contribution in [3.63, 3.8) is 0 Å². The fraction of sp³-hybridized carbons (Fsp3) is 0. The molecular weight excluding hydrogens is 457 g/mol. The van der Waals surface area contributed by atoms with Crippen LogP contribution in [0.3, 0.4) is 0 Å². The zero-order valence-electron chi connectivity index (χ0n) is 9.93. The molecule has 0 saturated carbocycles. The summed E-state index contributed by atoms with van der Waals surface area (Å²) in [5.41, 5.74) is 7.10. The van der Waals surface area contributed by atoms with Crippen LogP contribution in [0, 0.1) is 2.88 Å². The average Bonchev–Trinajstić information content (AvgIpc) is 2.85. The Morgan fingerprint density at radius 2 is 2.20 bits per heavy atom. The van der Waals surface area contributed by atoms with Crippen LogP contribution < -0.4 is 11.1 Å². The summed E-state index contributed by atoms with van der Waals surface area (Å²) in [5, 5.41) is 16.3. The second kappa shape index (κ2) is 6.55.